The largest absolute Gasteiger partial charge is 0.491 e. The zero-order valence-corrected chi connectivity index (χ0v) is 11.9. The molecule has 110 valence electrons. The van der Waals surface area contributed by atoms with Gasteiger partial charge in [-0.3, -0.25) is 0 Å². The van der Waals surface area contributed by atoms with Gasteiger partial charge in [0, 0.05) is 5.46 Å². The Balaban J connectivity index is 2.01. The summed E-state index contributed by atoms with van der Waals surface area (Å²) >= 11 is 0. The summed E-state index contributed by atoms with van der Waals surface area (Å²) in [5.41, 5.74) is 1.80. The van der Waals surface area contributed by atoms with Gasteiger partial charge in [-0.2, -0.15) is 0 Å². The molecular formula is C16H18BFO3. The van der Waals surface area contributed by atoms with Crippen LogP contribution in [0.25, 0.3) is 0 Å². The zero-order valence-electron chi connectivity index (χ0n) is 11.9. The van der Waals surface area contributed by atoms with Gasteiger partial charge >= 0.3 is 7.12 Å². The molecular weight excluding hydrogens is 270 g/mol. The van der Waals surface area contributed by atoms with Crippen LogP contribution in [-0.2, 0) is 13.0 Å². The fourth-order valence-corrected chi connectivity index (χ4v) is 2.09. The fraction of sp³-hybridized carbons (Fsp3) is 0.250. The minimum Gasteiger partial charge on any atom is -0.489 e. The van der Waals surface area contributed by atoms with Crippen LogP contribution < -0.4 is 10.2 Å². The van der Waals surface area contributed by atoms with E-state index in [1.807, 2.05) is 24.3 Å². The molecule has 0 aliphatic rings. The molecule has 0 atom stereocenters. The first-order valence-electron chi connectivity index (χ1n) is 6.96. The second kappa shape index (κ2) is 7.25. The Morgan fingerprint density at radius 1 is 1.05 bits per heavy atom. The third-order valence-corrected chi connectivity index (χ3v) is 3.21. The molecule has 0 amide bonds. The average Bonchev–Trinajstić information content (AvgIpc) is 2.48. The molecule has 0 aliphatic carbocycles. The SMILES string of the molecule is CCCc1ccc(OCc2ccc(F)c(B(O)O)c2)cc1. The maximum Gasteiger partial charge on any atom is 0.491 e. The Bertz CT molecular complexity index is 585. The number of hydrogen-bond acceptors (Lipinski definition) is 3. The van der Waals surface area contributed by atoms with Crippen LogP contribution in [0.5, 0.6) is 5.75 Å². The van der Waals surface area contributed by atoms with Gasteiger partial charge < -0.3 is 14.8 Å². The number of rotatable bonds is 6. The fourth-order valence-electron chi connectivity index (χ4n) is 2.09. The minimum atomic E-state index is -1.82. The third kappa shape index (κ3) is 4.31. The Morgan fingerprint density at radius 2 is 1.71 bits per heavy atom. The van der Waals surface area contributed by atoms with Crippen molar-refractivity contribution in [1.82, 2.24) is 0 Å². The molecule has 21 heavy (non-hydrogen) atoms. The van der Waals surface area contributed by atoms with Gasteiger partial charge in [-0.05, 0) is 35.7 Å². The second-order valence-electron chi connectivity index (χ2n) is 4.91. The van der Waals surface area contributed by atoms with Crippen molar-refractivity contribution in [3.8, 4) is 5.75 Å². The molecule has 0 unspecified atom stereocenters. The predicted octanol–water partition coefficient (Wildman–Crippen LogP) is 2.04. The highest BCUT2D eigenvalue weighted by Gasteiger charge is 2.16. The molecule has 3 nitrogen and oxygen atoms in total. The summed E-state index contributed by atoms with van der Waals surface area (Å²) in [5.74, 6) is 0.0861. The molecule has 5 heteroatoms. The Kier molecular flexibility index (Phi) is 5.36. The highest BCUT2D eigenvalue weighted by atomic mass is 19.1. The van der Waals surface area contributed by atoms with E-state index < -0.39 is 12.9 Å². The molecule has 0 spiro atoms. The van der Waals surface area contributed by atoms with Gasteiger partial charge in [-0.1, -0.05) is 37.6 Å². The topological polar surface area (TPSA) is 49.7 Å². The summed E-state index contributed by atoms with van der Waals surface area (Å²) in [6.07, 6.45) is 2.14. The lowest BCUT2D eigenvalue weighted by atomic mass is 9.79. The van der Waals surface area contributed by atoms with Crippen LogP contribution in [0.2, 0.25) is 0 Å². The van der Waals surface area contributed by atoms with Crippen LogP contribution in [-0.4, -0.2) is 17.2 Å². The standard InChI is InChI=1S/C16H18BFO3/c1-2-3-12-4-7-14(8-5-12)21-11-13-6-9-16(18)15(10-13)17(19)20/h4-10,19-20H,2-3,11H2,1H3. The molecule has 2 aromatic carbocycles. The van der Waals surface area contributed by atoms with E-state index >= 15 is 0 Å². The first-order valence-corrected chi connectivity index (χ1v) is 6.96. The van der Waals surface area contributed by atoms with E-state index in [4.69, 9.17) is 14.8 Å². The van der Waals surface area contributed by atoms with E-state index in [0.29, 0.717) is 5.56 Å². The second-order valence-corrected chi connectivity index (χ2v) is 4.91. The summed E-state index contributed by atoms with van der Waals surface area (Å²) < 4.78 is 19.0. The molecule has 0 saturated carbocycles. The van der Waals surface area contributed by atoms with Crippen LogP contribution in [0.15, 0.2) is 42.5 Å². The monoisotopic (exact) mass is 288 g/mol. The lowest BCUT2D eigenvalue weighted by molar-refractivity contribution is 0.306. The summed E-state index contributed by atoms with van der Waals surface area (Å²) in [7, 11) is -1.82. The van der Waals surface area contributed by atoms with Crippen molar-refractivity contribution >= 4 is 12.6 Å². The Labute approximate surface area is 124 Å². The van der Waals surface area contributed by atoms with Crippen molar-refractivity contribution in [3.63, 3.8) is 0 Å². The number of benzene rings is 2. The van der Waals surface area contributed by atoms with Crippen LogP contribution in [0, 0.1) is 5.82 Å². The number of ether oxygens (including phenoxy) is 1. The lowest BCUT2D eigenvalue weighted by Crippen LogP contribution is -2.33. The quantitative estimate of drug-likeness (QED) is 0.800. The van der Waals surface area contributed by atoms with Crippen molar-refractivity contribution in [2.45, 2.75) is 26.4 Å². The van der Waals surface area contributed by atoms with Gasteiger partial charge in [-0.15, -0.1) is 0 Å². The summed E-state index contributed by atoms with van der Waals surface area (Å²) in [6, 6.07) is 12.0. The van der Waals surface area contributed by atoms with Crippen molar-refractivity contribution in [3.05, 3.63) is 59.4 Å². The van der Waals surface area contributed by atoms with E-state index in [1.165, 1.54) is 17.7 Å². The van der Waals surface area contributed by atoms with Gasteiger partial charge in [0.05, 0.1) is 0 Å². The normalized spacial score (nSPS) is 10.5. The molecule has 0 aliphatic heterocycles. The Hall–Kier alpha value is -1.85. The maximum atomic E-state index is 13.3. The van der Waals surface area contributed by atoms with E-state index in [2.05, 4.69) is 6.92 Å². The van der Waals surface area contributed by atoms with Crippen LogP contribution in [0.4, 0.5) is 4.39 Å². The molecule has 0 aromatic heterocycles. The van der Waals surface area contributed by atoms with Gasteiger partial charge in [0.25, 0.3) is 0 Å². The maximum absolute atomic E-state index is 13.3. The first-order chi connectivity index (χ1) is 10.1. The van der Waals surface area contributed by atoms with Gasteiger partial charge in [0.15, 0.2) is 0 Å². The number of halogens is 1. The molecule has 0 saturated heterocycles. The smallest absolute Gasteiger partial charge is 0.489 e. The lowest BCUT2D eigenvalue weighted by Gasteiger charge is -2.09. The van der Waals surface area contributed by atoms with E-state index in [1.54, 1.807) is 6.07 Å². The van der Waals surface area contributed by atoms with Crippen molar-refractivity contribution in [2.75, 3.05) is 0 Å². The van der Waals surface area contributed by atoms with Gasteiger partial charge in [0.2, 0.25) is 0 Å². The average molecular weight is 288 g/mol. The van der Waals surface area contributed by atoms with Crippen molar-refractivity contribution < 1.29 is 19.2 Å². The van der Waals surface area contributed by atoms with Crippen molar-refractivity contribution in [2.24, 2.45) is 0 Å². The molecule has 2 aromatic rings. The summed E-state index contributed by atoms with van der Waals surface area (Å²) in [4.78, 5) is 0. The van der Waals surface area contributed by atoms with Gasteiger partial charge in [-0.25, -0.2) is 4.39 Å². The summed E-state index contributed by atoms with van der Waals surface area (Å²) in [6.45, 7) is 2.37. The highest BCUT2D eigenvalue weighted by Crippen LogP contribution is 2.15. The van der Waals surface area contributed by atoms with Crippen molar-refractivity contribution in [1.29, 1.82) is 0 Å². The van der Waals surface area contributed by atoms with Gasteiger partial charge in [0.1, 0.15) is 18.2 Å². The molecule has 0 radical (unpaired) electrons. The van der Waals surface area contributed by atoms with E-state index in [0.717, 1.165) is 18.6 Å². The van der Waals surface area contributed by atoms with Crippen LogP contribution >= 0.6 is 0 Å². The van der Waals surface area contributed by atoms with Crippen LogP contribution in [0.1, 0.15) is 24.5 Å². The minimum absolute atomic E-state index is 0.144. The highest BCUT2D eigenvalue weighted by molar-refractivity contribution is 6.58. The molecule has 0 bridgehead atoms. The molecule has 2 N–H and O–H groups in total. The van der Waals surface area contributed by atoms with E-state index in [-0.39, 0.29) is 12.1 Å². The molecule has 0 heterocycles. The number of hydrogen-bond donors (Lipinski definition) is 2. The number of aryl methyl sites for hydroxylation is 1. The Morgan fingerprint density at radius 3 is 2.33 bits per heavy atom. The summed E-state index contributed by atoms with van der Waals surface area (Å²) in [5, 5.41) is 18.1. The first kappa shape index (κ1) is 15.5. The van der Waals surface area contributed by atoms with E-state index in [9.17, 15) is 4.39 Å². The van der Waals surface area contributed by atoms with Crippen LogP contribution in [0.3, 0.4) is 0 Å². The molecule has 2 rings (SSSR count). The predicted molar refractivity (Wildman–Crippen MR) is 81.0 cm³/mol. The molecule has 0 fully saturated rings. The third-order valence-electron chi connectivity index (χ3n) is 3.21. The zero-order chi connectivity index (χ0) is 15.2.